The molecule has 1 aliphatic rings. The summed E-state index contributed by atoms with van der Waals surface area (Å²) in [5.74, 6) is 0.00676. The van der Waals surface area contributed by atoms with Crippen molar-refractivity contribution in [2.75, 3.05) is 19.5 Å². The van der Waals surface area contributed by atoms with Crippen molar-refractivity contribution in [3.8, 4) is 11.5 Å². The van der Waals surface area contributed by atoms with Gasteiger partial charge in [-0.2, -0.15) is 0 Å². The standard InChI is InChI=1S/C19H21ClN2O6S/c1-27-16-7-6-13(29(25,26)22-11-8-12(23)9-11)10-14(16)19(24)21-15-4-3-5-17(28-2)18(15)20/h3-7,10-12,22-23H,8-9H2,1-2H3,(H,21,24)/t11-,12-. The zero-order valence-electron chi connectivity index (χ0n) is 15.8. The second-order valence-electron chi connectivity index (χ2n) is 6.58. The minimum atomic E-state index is -3.86. The van der Waals surface area contributed by atoms with Gasteiger partial charge >= 0.3 is 0 Å². The van der Waals surface area contributed by atoms with Gasteiger partial charge in [-0.05, 0) is 43.2 Å². The molecule has 2 aromatic rings. The molecule has 156 valence electrons. The van der Waals surface area contributed by atoms with Gasteiger partial charge in [0.2, 0.25) is 10.0 Å². The number of sulfonamides is 1. The Morgan fingerprint density at radius 2 is 1.83 bits per heavy atom. The zero-order valence-corrected chi connectivity index (χ0v) is 17.4. The van der Waals surface area contributed by atoms with E-state index in [1.807, 2.05) is 0 Å². The van der Waals surface area contributed by atoms with E-state index in [1.165, 1.54) is 32.4 Å². The molecular weight excluding hydrogens is 420 g/mol. The van der Waals surface area contributed by atoms with Crippen molar-refractivity contribution in [2.45, 2.75) is 29.9 Å². The Kier molecular flexibility index (Phi) is 6.33. The molecule has 10 heteroatoms. The second-order valence-corrected chi connectivity index (χ2v) is 8.67. The predicted octanol–water partition coefficient (Wildman–Crippen LogP) is 2.41. The highest BCUT2D eigenvalue weighted by atomic mass is 35.5. The van der Waals surface area contributed by atoms with Gasteiger partial charge in [-0.3, -0.25) is 4.79 Å². The number of amides is 1. The number of aliphatic hydroxyl groups excluding tert-OH is 1. The highest BCUT2D eigenvalue weighted by Crippen LogP contribution is 2.33. The minimum absolute atomic E-state index is 0.0305. The number of benzene rings is 2. The molecule has 3 N–H and O–H groups in total. The van der Waals surface area contributed by atoms with Crippen LogP contribution in [-0.2, 0) is 10.0 Å². The maximum absolute atomic E-state index is 12.8. The summed E-state index contributed by atoms with van der Waals surface area (Å²) < 4.78 is 38.1. The van der Waals surface area contributed by atoms with E-state index in [0.29, 0.717) is 24.3 Å². The van der Waals surface area contributed by atoms with Gasteiger partial charge in [0.25, 0.3) is 5.91 Å². The van der Waals surface area contributed by atoms with Gasteiger partial charge in [0.1, 0.15) is 16.5 Å². The number of anilines is 1. The third-order valence-electron chi connectivity index (χ3n) is 4.59. The van der Waals surface area contributed by atoms with Crippen molar-refractivity contribution in [1.82, 2.24) is 4.72 Å². The molecule has 1 amide bonds. The number of hydrogen-bond donors (Lipinski definition) is 3. The molecule has 3 rings (SSSR count). The molecule has 0 radical (unpaired) electrons. The van der Waals surface area contributed by atoms with Crippen LogP contribution in [0.3, 0.4) is 0 Å². The fraction of sp³-hybridized carbons (Fsp3) is 0.316. The quantitative estimate of drug-likeness (QED) is 0.609. The Morgan fingerprint density at radius 3 is 2.45 bits per heavy atom. The van der Waals surface area contributed by atoms with Gasteiger partial charge < -0.3 is 19.9 Å². The molecule has 0 atom stereocenters. The lowest BCUT2D eigenvalue weighted by Gasteiger charge is -2.31. The van der Waals surface area contributed by atoms with E-state index >= 15 is 0 Å². The summed E-state index contributed by atoms with van der Waals surface area (Å²) in [7, 11) is -1.02. The van der Waals surface area contributed by atoms with Crippen molar-refractivity contribution in [2.24, 2.45) is 0 Å². The normalized spacial score (nSPS) is 18.6. The number of ether oxygens (including phenoxy) is 2. The van der Waals surface area contributed by atoms with E-state index < -0.39 is 22.0 Å². The van der Waals surface area contributed by atoms with Crippen molar-refractivity contribution in [1.29, 1.82) is 0 Å². The van der Waals surface area contributed by atoms with E-state index in [1.54, 1.807) is 18.2 Å². The highest BCUT2D eigenvalue weighted by Gasteiger charge is 2.32. The number of carbonyl (C=O) groups is 1. The van der Waals surface area contributed by atoms with Crippen molar-refractivity contribution >= 4 is 33.2 Å². The third kappa shape index (κ3) is 4.64. The Morgan fingerprint density at radius 1 is 1.14 bits per heavy atom. The number of rotatable bonds is 7. The third-order valence-corrected chi connectivity index (χ3v) is 6.50. The molecule has 0 aliphatic heterocycles. The van der Waals surface area contributed by atoms with Crippen LogP contribution in [0.5, 0.6) is 11.5 Å². The predicted molar refractivity (Wildman–Crippen MR) is 108 cm³/mol. The van der Waals surface area contributed by atoms with Crippen LogP contribution in [0.25, 0.3) is 0 Å². The Bertz CT molecular complexity index is 1020. The molecule has 0 unspecified atom stereocenters. The summed E-state index contributed by atoms with van der Waals surface area (Å²) in [5, 5.41) is 12.2. The lowest BCUT2D eigenvalue weighted by atomic mass is 9.91. The lowest BCUT2D eigenvalue weighted by molar-refractivity contribution is 0.0712. The molecule has 2 aromatic carbocycles. The van der Waals surface area contributed by atoms with Crippen LogP contribution < -0.4 is 19.5 Å². The van der Waals surface area contributed by atoms with E-state index in [9.17, 15) is 18.3 Å². The van der Waals surface area contributed by atoms with Crippen LogP contribution in [0.1, 0.15) is 23.2 Å². The molecule has 0 spiro atoms. The van der Waals surface area contributed by atoms with E-state index in [-0.39, 0.29) is 27.3 Å². The topological polar surface area (TPSA) is 114 Å². The van der Waals surface area contributed by atoms with E-state index in [0.717, 1.165) is 0 Å². The molecule has 1 saturated carbocycles. The number of methoxy groups -OCH3 is 2. The first-order chi connectivity index (χ1) is 13.7. The fourth-order valence-corrected chi connectivity index (χ4v) is 4.50. The first-order valence-electron chi connectivity index (χ1n) is 8.77. The first-order valence-corrected chi connectivity index (χ1v) is 10.6. The van der Waals surface area contributed by atoms with Gasteiger partial charge in [-0.25, -0.2) is 13.1 Å². The Balaban J connectivity index is 1.88. The lowest BCUT2D eigenvalue weighted by Crippen LogP contribution is -2.46. The number of nitrogens with one attached hydrogen (secondary N) is 2. The summed E-state index contributed by atoms with van der Waals surface area (Å²) in [4.78, 5) is 12.7. The average Bonchev–Trinajstić information content (AvgIpc) is 2.67. The van der Waals surface area contributed by atoms with Gasteiger partial charge in [0.05, 0.1) is 36.5 Å². The van der Waals surface area contributed by atoms with Crippen LogP contribution in [0.2, 0.25) is 5.02 Å². The van der Waals surface area contributed by atoms with Crippen LogP contribution in [0.4, 0.5) is 5.69 Å². The summed E-state index contributed by atoms with van der Waals surface area (Å²) >= 11 is 6.21. The molecule has 1 fully saturated rings. The zero-order chi connectivity index (χ0) is 21.2. The molecule has 0 aromatic heterocycles. The van der Waals surface area contributed by atoms with Gasteiger partial charge in [0, 0.05) is 6.04 Å². The van der Waals surface area contributed by atoms with Crippen LogP contribution in [0, 0.1) is 0 Å². The molecule has 29 heavy (non-hydrogen) atoms. The van der Waals surface area contributed by atoms with Crippen molar-refractivity contribution < 1.29 is 27.8 Å². The minimum Gasteiger partial charge on any atom is -0.496 e. The molecular formula is C19H21ClN2O6S. The van der Waals surface area contributed by atoms with Crippen molar-refractivity contribution in [3.05, 3.63) is 47.0 Å². The average molecular weight is 441 g/mol. The SMILES string of the molecule is COc1ccc(S(=O)(=O)N[C@H]2C[C@H](O)C2)cc1C(=O)Nc1cccc(OC)c1Cl. The van der Waals surface area contributed by atoms with Gasteiger partial charge in [-0.15, -0.1) is 0 Å². The summed E-state index contributed by atoms with van der Waals surface area (Å²) in [6.45, 7) is 0. The fourth-order valence-electron chi connectivity index (χ4n) is 2.96. The van der Waals surface area contributed by atoms with Gasteiger partial charge in [-0.1, -0.05) is 17.7 Å². The van der Waals surface area contributed by atoms with Crippen LogP contribution in [-0.4, -0.2) is 45.8 Å². The van der Waals surface area contributed by atoms with Crippen molar-refractivity contribution in [3.63, 3.8) is 0 Å². The largest absolute Gasteiger partial charge is 0.496 e. The Hall–Kier alpha value is -2.33. The number of hydrogen-bond acceptors (Lipinski definition) is 6. The highest BCUT2D eigenvalue weighted by molar-refractivity contribution is 7.89. The molecule has 0 heterocycles. The van der Waals surface area contributed by atoms with Crippen LogP contribution >= 0.6 is 11.6 Å². The number of carbonyl (C=O) groups excluding carboxylic acids is 1. The summed E-state index contributed by atoms with van der Waals surface area (Å²) in [6, 6.07) is 8.58. The number of halogens is 1. The monoisotopic (exact) mass is 440 g/mol. The van der Waals surface area contributed by atoms with Crippen LogP contribution in [0.15, 0.2) is 41.3 Å². The van der Waals surface area contributed by atoms with E-state index in [4.69, 9.17) is 21.1 Å². The van der Waals surface area contributed by atoms with E-state index in [2.05, 4.69) is 10.0 Å². The summed E-state index contributed by atoms with van der Waals surface area (Å²) in [5.41, 5.74) is 0.343. The maximum Gasteiger partial charge on any atom is 0.259 e. The summed E-state index contributed by atoms with van der Waals surface area (Å²) in [6.07, 6.45) is 0.223. The molecule has 1 aliphatic carbocycles. The smallest absolute Gasteiger partial charge is 0.259 e. The first kappa shape index (κ1) is 21.4. The molecule has 0 bridgehead atoms. The second kappa shape index (κ2) is 8.58. The van der Waals surface area contributed by atoms with Gasteiger partial charge in [0.15, 0.2) is 0 Å². The number of aliphatic hydroxyl groups is 1. The Labute approximate surface area is 173 Å². The maximum atomic E-state index is 12.8. The molecule has 8 nitrogen and oxygen atoms in total. The molecule has 0 saturated heterocycles.